The summed E-state index contributed by atoms with van der Waals surface area (Å²) < 4.78 is 5.25. The molecule has 2 aromatic carbocycles. The van der Waals surface area contributed by atoms with Gasteiger partial charge in [0.2, 0.25) is 23.6 Å². The summed E-state index contributed by atoms with van der Waals surface area (Å²) >= 11 is 0. The summed E-state index contributed by atoms with van der Waals surface area (Å²) in [7, 11) is 1.45. The Morgan fingerprint density at radius 1 is 1.05 bits per heavy atom. The molecule has 4 aliphatic rings. The zero-order chi connectivity index (χ0) is 30.6. The molecular formula is C33H32N2O8. The number of phenolic OH excluding ortho intramolecular Hbond substituents is 1. The van der Waals surface area contributed by atoms with Crippen molar-refractivity contribution in [3.05, 3.63) is 71.8 Å². The molecule has 0 spiro atoms. The van der Waals surface area contributed by atoms with Gasteiger partial charge in [0.1, 0.15) is 0 Å². The van der Waals surface area contributed by atoms with Crippen molar-refractivity contribution >= 4 is 41.4 Å². The molecule has 2 N–H and O–H groups in total. The van der Waals surface area contributed by atoms with Crippen LogP contribution in [0.1, 0.15) is 31.7 Å². The second-order valence-corrected chi connectivity index (χ2v) is 11.8. The van der Waals surface area contributed by atoms with Crippen molar-refractivity contribution in [2.75, 3.05) is 18.6 Å². The first kappa shape index (κ1) is 28.4. The first-order chi connectivity index (χ1) is 20.6. The van der Waals surface area contributed by atoms with Crippen LogP contribution in [-0.2, 0) is 24.0 Å². The number of carbonyl (C=O) groups excluding carboxylic acids is 4. The van der Waals surface area contributed by atoms with Gasteiger partial charge in [0, 0.05) is 12.5 Å². The number of amides is 4. The van der Waals surface area contributed by atoms with Gasteiger partial charge < -0.3 is 14.9 Å². The van der Waals surface area contributed by atoms with Gasteiger partial charge in [-0.1, -0.05) is 48.1 Å². The van der Waals surface area contributed by atoms with Crippen LogP contribution in [0.5, 0.6) is 11.5 Å². The van der Waals surface area contributed by atoms with E-state index in [0.717, 1.165) is 10.5 Å². The standard InChI is InChI=1S/C33H32N2O8/c1-33-23(12-8-18-9-13-25(36)26(16-18)43-2)20-10-11-21-28(31(41)34(29(21)39)15-14-27(37)38)22(20)17-24(33)30(40)35(32(33)42)19-6-4-3-5-7-19/h3-10,12-13,16,21-24,28,36H,11,14-15,17H2,1-2H3,(H,37,38). The normalized spacial score (nSPS) is 29.9. The predicted octanol–water partition coefficient (Wildman–Crippen LogP) is 3.65. The van der Waals surface area contributed by atoms with Gasteiger partial charge >= 0.3 is 5.97 Å². The maximum absolute atomic E-state index is 14.3. The minimum absolute atomic E-state index is 0.0163. The molecule has 2 saturated heterocycles. The number of methoxy groups -OCH3 is 1. The SMILES string of the molecule is COc1cc(C=CC2C3=CCC4C(=O)N(CCC(=O)O)C(=O)C4C3CC3C(=O)N(c4ccccc4)C(=O)C23C)ccc1O. The summed E-state index contributed by atoms with van der Waals surface area (Å²) in [6.07, 6.45) is 5.79. The van der Waals surface area contributed by atoms with E-state index >= 15 is 0 Å². The molecule has 43 heavy (non-hydrogen) atoms. The number of nitrogens with zero attached hydrogens (tertiary/aromatic N) is 2. The monoisotopic (exact) mass is 584 g/mol. The second-order valence-electron chi connectivity index (χ2n) is 11.8. The Bertz CT molecular complexity index is 1600. The van der Waals surface area contributed by atoms with Crippen molar-refractivity contribution in [1.82, 2.24) is 4.90 Å². The summed E-state index contributed by atoms with van der Waals surface area (Å²) in [5.74, 6) is -5.47. The van der Waals surface area contributed by atoms with E-state index in [1.807, 2.05) is 18.2 Å². The number of rotatable bonds is 7. The lowest BCUT2D eigenvalue weighted by molar-refractivity contribution is -0.142. The number of phenols is 1. The molecule has 2 heterocycles. The fourth-order valence-electron chi connectivity index (χ4n) is 7.54. The molecule has 1 saturated carbocycles. The van der Waals surface area contributed by atoms with Gasteiger partial charge in [-0.2, -0.15) is 0 Å². The zero-order valence-corrected chi connectivity index (χ0v) is 23.8. The molecule has 10 heteroatoms. The van der Waals surface area contributed by atoms with E-state index in [1.54, 1.807) is 49.4 Å². The number of imide groups is 2. The highest BCUT2D eigenvalue weighted by Gasteiger charge is 2.66. The summed E-state index contributed by atoms with van der Waals surface area (Å²) in [6.45, 7) is 1.60. The fourth-order valence-corrected chi connectivity index (χ4v) is 7.54. The maximum Gasteiger partial charge on any atom is 0.305 e. The molecule has 2 aliphatic heterocycles. The maximum atomic E-state index is 14.3. The Morgan fingerprint density at radius 3 is 2.49 bits per heavy atom. The van der Waals surface area contributed by atoms with Gasteiger partial charge in [-0.25, -0.2) is 4.90 Å². The van der Waals surface area contributed by atoms with Gasteiger partial charge in [-0.05, 0) is 55.5 Å². The third-order valence-electron chi connectivity index (χ3n) is 9.69. The first-order valence-corrected chi connectivity index (χ1v) is 14.3. The molecule has 3 fully saturated rings. The van der Waals surface area contributed by atoms with E-state index in [-0.39, 0.29) is 55.0 Å². The minimum atomic E-state index is -1.16. The third kappa shape index (κ3) is 4.35. The molecule has 6 atom stereocenters. The molecule has 2 aliphatic carbocycles. The molecule has 2 aromatic rings. The van der Waals surface area contributed by atoms with Crippen molar-refractivity contribution < 1.29 is 38.9 Å². The summed E-state index contributed by atoms with van der Waals surface area (Å²) in [6, 6.07) is 13.6. The molecule has 10 nitrogen and oxygen atoms in total. The molecule has 4 amide bonds. The molecule has 6 rings (SSSR count). The number of fused-ring (bicyclic) bond motifs is 4. The second kappa shape index (κ2) is 10.5. The first-order valence-electron chi connectivity index (χ1n) is 14.3. The van der Waals surface area contributed by atoms with Gasteiger partial charge in [0.15, 0.2) is 11.5 Å². The van der Waals surface area contributed by atoms with Crippen LogP contribution >= 0.6 is 0 Å². The average Bonchev–Trinajstić information content (AvgIpc) is 3.35. The van der Waals surface area contributed by atoms with Crippen LogP contribution in [0.15, 0.2) is 66.3 Å². The molecule has 0 aromatic heterocycles. The van der Waals surface area contributed by atoms with Crippen molar-refractivity contribution in [1.29, 1.82) is 0 Å². The number of likely N-dealkylation sites (tertiary alicyclic amines) is 1. The number of carboxylic acids is 1. The lowest BCUT2D eigenvalue weighted by atomic mass is 9.52. The highest BCUT2D eigenvalue weighted by molar-refractivity contribution is 6.24. The van der Waals surface area contributed by atoms with Gasteiger partial charge in [0.05, 0.1) is 42.4 Å². The molecule has 6 unspecified atom stereocenters. The average molecular weight is 585 g/mol. The summed E-state index contributed by atoms with van der Waals surface area (Å²) in [5.41, 5.74) is 0.851. The van der Waals surface area contributed by atoms with Gasteiger partial charge in [0.25, 0.3) is 0 Å². The Kier molecular flexibility index (Phi) is 6.95. The largest absolute Gasteiger partial charge is 0.504 e. The van der Waals surface area contributed by atoms with Gasteiger partial charge in [-0.3, -0.25) is 28.9 Å². The van der Waals surface area contributed by atoms with Crippen LogP contribution in [0.2, 0.25) is 0 Å². The van der Waals surface area contributed by atoms with E-state index in [0.29, 0.717) is 11.3 Å². The topological polar surface area (TPSA) is 142 Å². The number of benzene rings is 2. The summed E-state index contributed by atoms with van der Waals surface area (Å²) in [4.78, 5) is 68.8. The molecule has 0 radical (unpaired) electrons. The fraction of sp³-hybridized carbons (Fsp3) is 0.364. The third-order valence-corrected chi connectivity index (χ3v) is 9.69. The van der Waals surface area contributed by atoms with E-state index in [1.165, 1.54) is 18.1 Å². The van der Waals surface area contributed by atoms with Crippen molar-refractivity contribution in [2.24, 2.45) is 35.0 Å². The number of hydrogen-bond acceptors (Lipinski definition) is 7. The summed E-state index contributed by atoms with van der Waals surface area (Å²) in [5, 5.41) is 19.2. The highest BCUT2D eigenvalue weighted by atomic mass is 16.5. The Labute approximate surface area is 248 Å². The number of hydrogen-bond donors (Lipinski definition) is 2. The number of carbonyl (C=O) groups is 5. The van der Waals surface area contributed by atoms with E-state index in [4.69, 9.17) is 9.84 Å². The van der Waals surface area contributed by atoms with E-state index in [9.17, 15) is 29.1 Å². The van der Waals surface area contributed by atoms with Crippen LogP contribution in [0.3, 0.4) is 0 Å². The molecular weight excluding hydrogens is 552 g/mol. The number of para-hydroxylation sites is 1. The Morgan fingerprint density at radius 2 is 1.79 bits per heavy atom. The highest BCUT2D eigenvalue weighted by Crippen LogP contribution is 2.61. The smallest absolute Gasteiger partial charge is 0.305 e. The van der Waals surface area contributed by atoms with E-state index < -0.39 is 46.9 Å². The lowest BCUT2D eigenvalue weighted by Crippen LogP contribution is -2.49. The Hall–Kier alpha value is -4.73. The Balaban J connectivity index is 1.44. The zero-order valence-electron chi connectivity index (χ0n) is 23.8. The number of anilines is 1. The number of ether oxygens (including phenoxy) is 1. The quantitative estimate of drug-likeness (QED) is 0.371. The minimum Gasteiger partial charge on any atom is -0.504 e. The van der Waals surface area contributed by atoms with Gasteiger partial charge in [-0.15, -0.1) is 0 Å². The number of allylic oxidation sites excluding steroid dienone is 3. The van der Waals surface area contributed by atoms with Crippen LogP contribution in [0.4, 0.5) is 5.69 Å². The van der Waals surface area contributed by atoms with Crippen molar-refractivity contribution in [3.63, 3.8) is 0 Å². The van der Waals surface area contributed by atoms with Crippen LogP contribution in [0.25, 0.3) is 6.08 Å². The van der Waals surface area contributed by atoms with E-state index in [2.05, 4.69) is 0 Å². The number of aromatic hydroxyl groups is 1. The van der Waals surface area contributed by atoms with Crippen molar-refractivity contribution in [3.8, 4) is 11.5 Å². The predicted molar refractivity (Wildman–Crippen MR) is 154 cm³/mol. The van der Waals surface area contributed by atoms with Crippen molar-refractivity contribution in [2.45, 2.75) is 26.2 Å². The van der Waals surface area contributed by atoms with Crippen LogP contribution in [0, 0.1) is 35.0 Å². The number of aliphatic carboxylic acids is 1. The van der Waals surface area contributed by atoms with Crippen LogP contribution in [-0.4, -0.2) is 58.4 Å². The molecule has 0 bridgehead atoms. The lowest BCUT2D eigenvalue weighted by Gasteiger charge is -2.47. The van der Waals surface area contributed by atoms with Crippen LogP contribution < -0.4 is 9.64 Å². The number of carboxylic acid groups (broad SMARTS) is 1. The molecule has 222 valence electrons.